The molecule has 2 atom stereocenters. The van der Waals surface area contributed by atoms with Gasteiger partial charge in [-0.1, -0.05) is 11.6 Å². The highest BCUT2D eigenvalue weighted by molar-refractivity contribution is 7.16. The molecule has 1 aliphatic rings. The van der Waals surface area contributed by atoms with Crippen LogP contribution in [0.2, 0.25) is 4.34 Å². The lowest BCUT2D eigenvalue weighted by molar-refractivity contribution is -0.126. The highest BCUT2D eigenvalue weighted by Crippen LogP contribution is 2.27. The summed E-state index contributed by atoms with van der Waals surface area (Å²) in [6.45, 7) is 2.96. The van der Waals surface area contributed by atoms with Gasteiger partial charge in [-0.2, -0.15) is 0 Å². The summed E-state index contributed by atoms with van der Waals surface area (Å²) < 4.78 is 0.707. The van der Waals surface area contributed by atoms with Gasteiger partial charge in [0.15, 0.2) is 0 Å². The summed E-state index contributed by atoms with van der Waals surface area (Å²) in [7, 11) is 0. The number of hydrogen-bond acceptors (Lipinski definition) is 3. The van der Waals surface area contributed by atoms with Crippen molar-refractivity contribution in [1.82, 2.24) is 10.2 Å². The maximum Gasteiger partial charge on any atom is 0.314 e. The van der Waals surface area contributed by atoms with Gasteiger partial charge in [-0.3, -0.25) is 4.79 Å². The predicted octanol–water partition coefficient (Wildman–Crippen LogP) is 2.37. The molecule has 20 heavy (non-hydrogen) atoms. The zero-order valence-electron chi connectivity index (χ0n) is 11.3. The Balaban J connectivity index is 1.92. The Morgan fingerprint density at radius 1 is 1.55 bits per heavy atom. The molecule has 1 aliphatic heterocycles. The molecule has 0 spiro atoms. The topological polar surface area (TPSA) is 75.4 Å². The predicted molar refractivity (Wildman–Crippen MR) is 79.8 cm³/mol. The lowest BCUT2D eigenvalue weighted by Gasteiger charge is -2.31. The third-order valence-electron chi connectivity index (χ3n) is 3.48. The number of piperidine rings is 1. The highest BCUT2D eigenvalue weighted by Gasteiger charge is 2.28. The largest absolute Gasteiger partial charge is 0.351 e. The molecule has 2 rings (SSSR count). The Hall–Kier alpha value is -1.27. The second kappa shape index (κ2) is 6.45. The Morgan fingerprint density at radius 2 is 2.30 bits per heavy atom. The minimum atomic E-state index is -0.458. The molecule has 2 heterocycles. The number of rotatable bonds is 3. The van der Waals surface area contributed by atoms with Crippen LogP contribution < -0.4 is 11.1 Å². The summed E-state index contributed by atoms with van der Waals surface area (Å²) in [5.41, 5.74) is 5.27. The quantitative estimate of drug-likeness (QED) is 0.898. The van der Waals surface area contributed by atoms with Gasteiger partial charge >= 0.3 is 6.03 Å². The van der Waals surface area contributed by atoms with Crippen LogP contribution in [0.4, 0.5) is 4.79 Å². The van der Waals surface area contributed by atoms with Gasteiger partial charge in [-0.25, -0.2) is 4.79 Å². The van der Waals surface area contributed by atoms with Crippen molar-refractivity contribution in [2.75, 3.05) is 13.1 Å². The fourth-order valence-electron chi connectivity index (χ4n) is 2.35. The van der Waals surface area contributed by atoms with E-state index in [1.54, 1.807) is 0 Å². The van der Waals surface area contributed by atoms with Crippen LogP contribution in [0.1, 0.15) is 30.7 Å². The van der Waals surface area contributed by atoms with Crippen molar-refractivity contribution in [1.29, 1.82) is 0 Å². The average molecular weight is 316 g/mol. The van der Waals surface area contributed by atoms with E-state index < -0.39 is 6.03 Å². The number of primary amides is 1. The second-order valence-electron chi connectivity index (χ2n) is 5.00. The van der Waals surface area contributed by atoms with E-state index in [2.05, 4.69) is 5.32 Å². The summed E-state index contributed by atoms with van der Waals surface area (Å²) >= 11 is 7.35. The first-order valence-corrected chi connectivity index (χ1v) is 7.77. The molecular weight excluding hydrogens is 298 g/mol. The minimum Gasteiger partial charge on any atom is -0.351 e. The van der Waals surface area contributed by atoms with E-state index >= 15 is 0 Å². The molecule has 1 aromatic rings. The molecule has 3 amide bonds. The number of carbonyl (C=O) groups excluding carboxylic acids is 2. The Kier molecular flexibility index (Phi) is 4.88. The van der Waals surface area contributed by atoms with Crippen LogP contribution >= 0.6 is 22.9 Å². The molecule has 3 N–H and O–H groups in total. The van der Waals surface area contributed by atoms with E-state index in [9.17, 15) is 9.59 Å². The molecule has 0 bridgehead atoms. The van der Waals surface area contributed by atoms with E-state index in [4.69, 9.17) is 17.3 Å². The van der Waals surface area contributed by atoms with Crippen molar-refractivity contribution in [3.8, 4) is 0 Å². The number of urea groups is 1. The van der Waals surface area contributed by atoms with Gasteiger partial charge < -0.3 is 16.0 Å². The van der Waals surface area contributed by atoms with Crippen molar-refractivity contribution in [2.45, 2.75) is 25.8 Å². The maximum absolute atomic E-state index is 12.2. The zero-order chi connectivity index (χ0) is 14.7. The number of nitrogens with one attached hydrogen (secondary N) is 1. The van der Waals surface area contributed by atoms with E-state index in [1.807, 2.05) is 19.1 Å². The van der Waals surface area contributed by atoms with Crippen LogP contribution in [-0.4, -0.2) is 29.9 Å². The van der Waals surface area contributed by atoms with Crippen LogP contribution in [-0.2, 0) is 4.79 Å². The molecule has 1 aromatic heterocycles. The van der Waals surface area contributed by atoms with Gasteiger partial charge in [-0.15, -0.1) is 11.3 Å². The standard InChI is InChI=1S/C13H18ClN3O2S/c1-8(10-4-5-11(14)20-10)16-12(18)9-3-2-6-17(7-9)13(15)19/h4-5,8-9H,2-3,6-7H2,1H3,(H2,15,19)(H,16,18)/t8-,9-/m0/s1. The maximum atomic E-state index is 12.2. The second-order valence-corrected chi connectivity index (χ2v) is 6.74. The van der Waals surface area contributed by atoms with E-state index in [-0.39, 0.29) is 17.9 Å². The third-order valence-corrected chi connectivity index (χ3v) is 4.90. The fourth-order valence-corrected chi connectivity index (χ4v) is 3.42. The lowest BCUT2D eigenvalue weighted by Crippen LogP contribution is -2.47. The van der Waals surface area contributed by atoms with Gasteiger partial charge in [0.05, 0.1) is 16.3 Å². The summed E-state index contributed by atoms with van der Waals surface area (Å²) in [5, 5.41) is 2.97. The van der Waals surface area contributed by atoms with Crippen LogP contribution in [0.25, 0.3) is 0 Å². The van der Waals surface area contributed by atoms with Gasteiger partial charge in [0, 0.05) is 18.0 Å². The van der Waals surface area contributed by atoms with Gasteiger partial charge in [0.2, 0.25) is 5.91 Å². The molecule has 5 nitrogen and oxygen atoms in total. The molecule has 0 unspecified atom stereocenters. The Morgan fingerprint density at radius 3 is 2.90 bits per heavy atom. The molecule has 1 saturated heterocycles. The van der Waals surface area contributed by atoms with Crippen molar-refractivity contribution < 1.29 is 9.59 Å². The number of carbonyl (C=O) groups is 2. The number of likely N-dealkylation sites (tertiary alicyclic amines) is 1. The summed E-state index contributed by atoms with van der Waals surface area (Å²) in [6, 6.07) is 3.19. The van der Waals surface area contributed by atoms with Crippen LogP contribution in [0.15, 0.2) is 12.1 Å². The SMILES string of the molecule is C[C@H](NC(=O)[C@H]1CCCN(C(N)=O)C1)c1ccc(Cl)s1. The molecule has 7 heteroatoms. The lowest BCUT2D eigenvalue weighted by atomic mass is 9.97. The van der Waals surface area contributed by atoms with E-state index in [0.717, 1.165) is 17.7 Å². The average Bonchev–Trinajstić information content (AvgIpc) is 2.85. The first kappa shape index (κ1) is 15.1. The third kappa shape index (κ3) is 3.64. The van der Waals surface area contributed by atoms with Crippen molar-refractivity contribution in [2.24, 2.45) is 11.7 Å². The van der Waals surface area contributed by atoms with Crippen LogP contribution in [0.3, 0.4) is 0 Å². The number of nitrogens with two attached hydrogens (primary N) is 1. The highest BCUT2D eigenvalue weighted by atomic mass is 35.5. The molecule has 0 aromatic carbocycles. The van der Waals surface area contributed by atoms with Crippen molar-refractivity contribution in [3.63, 3.8) is 0 Å². The Labute approximate surface area is 127 Å². The number of amides is 3. The van der Waals surface area contributed by atoms with Crippen LogP contribution in [0, 0.1) is 5.92 Å². The van der Waals surface area contributed by atoms with Crippen molar-refractivity contribution >= 4 is 34.9 Å². The summed E-state index contributed by atoms with van der Waals surface area (Å²) in [5.74, 6) is -0.220. The van der Waals surface area contributed by atoms with E-state index in [1.165, 1.54) is 16.2 Å². The number of halogens is 1. The van der Waals surface area contributed by atoms with Crippen molar-refractivity contribution in [3.05, 3.63) is 21.3 Å². The Bertz CT molecular complexity index is 506. The molecule has 0 aliphatic carbocycles. The van der Waals surface area contributed by atoms with E-state index in [0.29, 0.717) is 17.4 Å². The number of nitrogens with zero attached hydrogens (tertiary/aromatic N) is 1. The molecule has 0 saturated carbocycles. The summed E-state index contributed by atoms with van der Waals surface area (Å²) in [6.07, 6.45) is 1.59. The molecule has 0 radical (unpaired) electrons. The smallest absolute Gasteiger partial charge is 0.314 e. The zero-order valence-corrected chi connectivity index (χ0v) is 12.8. The van der Waals surface area contributed by atoms with Crippen LogP contribution in [0.5, 0.6) is 0 Å². The monoisotopic (exact) mass is 315 g/mol. The molecular formula is C13H18ClN3O2S. The van der Waals surface area contributed by atoms with Gasteiger partial charge in [0.25, 0.3) is 0 Å². The van der Waals surface area contributed by atoms with Gasteiger partial charge in [0.1, 0.15) is 0 Å². The molecule has 1 fully saturated rings. The first-order valence-electron chi connectivity index (χ1n) is 6.57. The fraction of sp³-hybridized carbons (Fsp3) is 0.538. The summed E-state index contributed by atoms with van der Waals surface area (Å²) in [4.78, 5) is 26.0. The van der Waals surface area contributed by atoms with Gasteiger partial charge in [-0.05, 0) is 31.9 Å². The molecule has 110 valence electrons. The first-order chi connectivity index (χ1) is 9.47. The minimum absolute atomic E-state index is 0.0343. The normalized spacial score (nSPS) is 20.5. The number of thiophene rings is 1. The number of hydrogen-bond donors (Lipinski definition) is 2.